The van der Waals surface area contributed by atoms with Crippen LogP contribution in [0.25, 0.3) is 11.2 Å². The Morgan fingerprint density at radius 3 is 2.51 bits per heavy atom. The molecule has 4 aliphatic carbocycles. The summed E-state index contributed by atoms with van der Waals surface area (Å²) in [7, 11) is -4.57. The lowest BCUT2D eigenvalue weighted by atomic mass is 9.43. The van der Waals surface area contributed by atoms with Crippen LogP contribution in [0, 0.1) is 16.7 Å². The number of ether oxygens (including phenoxy) is 2. The van der Waals surface area contributed by atoms with E-state index in [0.29, 0.717) is 22.9 Å². The Kier molecular flexibility index (Phi) is 6.22. The maximum atomic E-state index is 11.7. The smallest absolute Gasteiger partial charge is 0.323 e. The number of esters is 1. The quantitative estimate of drug-likeness (QED) is 0.209. The summed E-state index contributed by atoms with van der Waals surface area (Å²) in [6.07, 6.45) is 3.01. The van der Waals surface area contributed by atoms with E-state index in [2.05, 4.69) is 34.1 Å². The summed E-state index contributed by atoms with van der Waals surface area (Å²) < 4.78 is 42.5. The highest BCUT2D eigenvalue weighted by Crippen LogP contribution is 2.66. The number of nitrogens with one attached hydrogen (secondary N) is 1. The van der Waals surface area contributed by atoms with Crippen molar-refractivity contribution in [3.8, 4) is 0 Å². The van der Waals surface area contributed by atoms with Gasteiger partial charge in [0.2, 0.25) is 5.28 Å². The lowest BCUT2D eigenvalue weighted by Gasteiger charge is -2.65. The van der Waals surface area contributed by atoms with Gasteiger partial charge in [-0.05, 0) is 66.9 Å². The third-order valence-electron chi connectivity index (χ3n) is 8.72. The van der Waals surface area contributed by atoms with Crippen molar-refractivity contribution < 1.29 is 37.5 Å². The first kappa shape index (κ1) is 27.1. The number of fused-ring (bicyclic) bond motifs is 1. The molecule has 15 heteroatoms. The van der Waals surface area contributed by atoms with Gasteiger partial charge in [0.05, 0.1) is 6.33 Å². The molecule has 5 fully saturated rings. The molecular weight excluding hydrogens is 554 g/mol. The molecule has 0 amide bonds. The molecule has 1 saturated heterocycles. The zero-order valence-electron chi connectivity index (χ0n) is 21.6. The Balaban J connectivity index is 1.25. The predicted molar refractivity (Wildman–Crippen MR) is 137 cm³/mol. The molecule has 0 spiro atoms. The van der Waals surface area contributed by atoms with Crippen LogP contribution in [0.4, 0.5) is 5.82 Å². The number of imidazole rings is 1. The molecule has 214 valence electrons. The van der Waals surface area contributed by atoms with Gasteiger partial charge in [-0.15, -0.1) is 0 Å². The standard InChI is InChI=1S/C24H32ClN5O8S/c1-22-3-12-4-23(2,8-22)10-24(5-12,9-22)29-18-15-19(28-21(25)27-18)30(11-26-15)20-17(33)16(32)13(38-20)6-37-14(31)7-39(34,35)36/h11-13,16-17,20,32-33H,3-10H2,1-2H3,(H,27,28,29)(H,34,35,36)/t12?,13-,16+,17?,20-,22-,23+,24?/m1/s1. The Morgan fingerprint density at radius 2 is 1.87 bits per heavy atom. The van der Waals surface area contributed by atoms with Crippen LogP contribution in [-0.2, 0) is 24.4 Å². The fourth-order valence-electron chi connectivity index (χ4n) is 8.46. The molecule has 7 rings (SSSR count). The molecule has 2 aromatic heterocycles. The Morgan fingerprint density at radius 1 is 1.18 bits per heavy atom. The van der Waals surface area contributed by atoms with Gasteiger partial charge in [0.25, 0.3) is 10.1 Å². The van der Waals surface area contributed by atoms with Crippen molar-refractivity contribution >= 4 is 44.7 Å². The summed E-state index contributed by atoms with van der Waals surface area (Å²) in [5.41, 5.74) is 1.15. The molecule has 4 N–H and O–H groups in total. The van der Waals surface area contributed by atoms with Crippen LogP contribution in [0.15, 0.2) is 6.33 Å². The van der Waals surface area contributed by atoms with Crippen LogP contribution in [-0.4, -0.2) is 84.9 Å². The molecule has 8 atom stereocenters. The molecule has 1 aliphatic heterocycles. The van der Waals surface area contributed by atoms with E-state index in [0.717, 1.165) is 19.3 Å². The number of rotatable bonds is 7. The van der Waals surface area contributed by atoms with Crippen molar-refractivity contribution in [3.63, 3.8) is 0 Å². The highest BCUT2D eigenvalue weighted by Gasteiger charge is 2.60. The van der Waals surface area contributed by atoms with Gasteiger partial charge in [0.1, 0.15) is 24.9 Å². The van der Waals surface area contributed by atoms with Crippen molar-refractivity contribution in [2.45, 2.75) is 82.5 Å². The van der Waals surface area contributed by atoms with Crippen LogP contribution >= 0.6 is 11.6 Å². The molecule has 39 heavy (non-hydrogen) atoms. The molecule has 4 bridgehead atoms. The molecule has 3 heterocycles. The molecule has 0 aromatic carbocycles. The Hall–Kier alpha value is -2.10. The minimum absolute atomic E-state index is 0.0161. The average Bonchev–Trinajstić information content (AvgIpc) is 3.29. The summed E-state index contributed by atoms with van der Waals surface area (Å²) in [4.78, 5) is 25.0. The second-order valence-corrected chi connectivity index (χ2v) is 14.4. The number of nitrogens with zero attached hydrogens (tertiary/aromatic N) is 4. The van der Waals surface area contributed by atoms with Crippen molar-refractivity contribution in [2.75, 3.05) is 17.7 Å². The van der Waals surface area contributed by atoms with E-state index in [1.165, 1.54) is 30.2 Å². The van der Waals surface area contributed by atoms with Gasteiger partial charge in [-0.2, -0.15) is 18.4 Å². The van der Waals surface area contributed by atoms with E-state index in [1.807, 2.05) is 0 Å². The summed E-state index contributed by atoms with van der Waals surface area (Å²) in [5, 5.41) is 24.9. The summed E-state index contributed by atoms with van der Waals surface area (Å²) in [6, 6.07) is 0. The first-order valence-electron chi connectivity index (χ1n) is 13.0. The van der Waals surface area contributed by atoms with Gasteiger partial charge in [0, 0.05) is 5.54 Å². The number of aliphatic hydroxyl groups excluding tert-OH is 2. The topological polar surface area (TPSA) is 186 Å². The van der Waals surface area contributed by atoms with Gasteiger partial charge in [-0.25, -0.2) is 4.98 Å². The molecule has 2 aromatic rings. The maximum Gasteiger partial charge on any atom is 0.323 e. The minimum Gasteiger partial charge on any atom is -0.462 e. The SMILES string of the molecule is C[C@]12CC3CC(Nc4nc(Cl)nc5c4ncn5[C@@H]4O[C@H](COC(=O)CS(=O)(=O)O)[C@H](O)C4O)(C1)C[C@@](C)(C3)C2. The van der Waals surface area contributed by atoms with E-state index >= 15 is 0 Å². The van der Waals surface area contributed by atoms with Crippen LogP contribution in [0.2, 0.25) is 5.28 Å². The normalized spacial score (nSPS) is 39.4. The van der Waals surface area contributed by atoms with Gasteiger partial charge >= 0.3 is 5.97 Å². The van der Waals surface area contributed by atoms with Crippen LogP contribution in [0.1, 0.15) is 58.6 Å². The van der Waals surface area contributed by atoms with Crippen LogP contribution in [0.5, 0.6) is 0 Å². The Bertz CT molecular complexity index is 1420. The first-order chi connectivity index (χ1) is 18.2. The van der Waals surface area contributed by atoms with Crippen molar-refractivity contribution in [1.82, 2.24) is 19.5 Å². The lowest BCUT2D eigenvalue weighted by Crippen LogP contribution is -2.61. The second-order valence-electron chi connectivity index (χ2n) is 12.7. The summed E-state index contributed by atoms with van der Waals surface area (Å²) in [5.74, 6) is -1.30. The minimum atomic E-state index is -4.57. The number of hydrogen-bond acceptors (Lipinski definition) is 11. The summed E-state index contributed by atoms with van der Waals surface area (Å²) >= 11 is 6.35. The predicted octanol–water partition coefficient (Wildman–Crippen LogP) is 1.69. The third kappa shape index (κ3) is 4.99. The zero-order valence-corrected chi connectivity index (χ0v) is 23.2. The van der Waals surface area contributed by atoms with Crippen LogP contribution in [0.3, 0.4) is 0 Å². The van der Waals surface area contributed by atoms with Gasteiger partial charge in [-0.3, -0.25) is 13.9 Å². The average molecular weight is 586 g/mol. The number of hydrogen-bond donors (Lipinski definition) is 4. The highest BCUT2D eigenvalue weighted by atomic mass is 35.5. The molecule has 5 aliphatic rings. The number of carbonyl (C=O) groups is 1. The molecule has 3 unspecified atom stereocenters. The maximum absolute atomic E-state index is 11.7. The van der Waals surface area contributed by atoms with Gasteiger partial charge in [0.15, 0.2) is 29.0 Å². The number of carbonyl (C=O) groups excluding carboxylic acids is 1. The second kappa shape index (κ2) is 8.95. The van der Waals surface area contributed by atoms with E-state index < -0.39 is 53.0 Å². The van der Waals surface area contributed by atoms with Crippen molar-refractivity contribution in [1.29, 1.82) is 0 Å². The van der Waals surface area contributed by atoms with Gasteiger partial charge < -0.3 is 25.0 Å². The van der Waals surface area contributed by atoms with Gasteiger partial charge in [-0.1, -0.05) is 13.8 Å². The monoisotopic (exact) mass is 585 g/mol. The highest BCUT2D eigenvalue weighted by molar-refractivity contribution is 7.86. The molecule has 0 radical (unpaired) electrons. The lowest BCUT2D eigenvalue weighted by molar-refractivity contribution is -0.147. The number of anilines is 1. The van der Waals surface area contributed by atoms with Crippen molar-refractivity contribution in [2.24, 2.45) is 16.7 Å². The van der Waals surface area contributed by atoms with Crippen LogP contribution < -0.4 is 5.32 Å². The van der Waals surface area contributed by atoms with E-state index in [9.17, 15) is 23.4 Å². The largest absolute Gasteiger partial charge is 0.462 e. The fourth-order valence-corrected chi connectivity index (χ4v) is 9.01. The molecular formula is C24H32ClN5O8S. The summed E-state index contributed by atoms with van der Waals surface area (Å²) in [6.45, 7) is 4.22. The van der Waals surface area contributed by atoms with Crippen molar-refractivity contribution in [3.05, 3.63) is 11.6 Å². The molecule has 13 nitrogen and oxygen atoms in total. The number of aliphatic hydroxyl groups is 2. The fraction of sp³-hybridized carbons (Fsp3) is 0.750. The number of aromatic nitrogens is 4. The van der Waals surface area contributed by atoms with E-state index in [4.69, 9.17) is 25.6 Å². The Labute approximate surface area is 230 Å². The third-order valence-corrected chi connectivity index (χ3v) is 9.49. The molecule has 4 saturated carbocycles. The number of halogens is 1. The first-order valence-corrected chi connectivity index (χ1v) is 15.0. The van der Waals surface area contributed by atoms with E-state index in [1.54, 1.807) is 0 Å². The van der Waals surface area contributed by atoms with E-state index in [-0.39, 0.29) is 21.7 Å². The zero-order chi connectivity index (χ0) is 28.0.